The van der Waals surface area contributed by atoms with Crippen LogP contribution in [0.15, 0.2) is 42.0 Å². The summed E-state index contributed by atoms with van der Waals surface area (Å²) in [6.07, 6.45) is 5.98. The van der Waals surface area contributed by atoms with Crippen LogP contribution in [0.1, 0.15) is 84.1 Å². The number of hydrogen-bond acceptors (Lipinski definition) is 0. The van der Waals surface area contributed by atoms with Crippen LogP contribution >= 0.6 is 0 Å². The smallest absolute Gasteiger partial charge is 0.0167 e. The van der Waals surface area contributed by atoms with E-state index >= 15 is 0 Å². The Kier molecular flexibility index (Phi) is 5.14. The van der Waals surface area contributed by atoms with E-state index in [9.17, 15) is 0 Å². The third-order valence-electron chi connectivity index (χ3n) is 5.93. The average Bonchev–Trinajstić information content (AvgIpc) is 3.03. The van der Waals surface area contributed by atoms with E-state index < -0.39 is 0 Å². The molecule has 0 heterocycles. The maximum absolute atomic E-state index is 2.42. The van der Waals surface area contributed by atoms with Crippen LogP contribution in [0.25, 0.3) is 17.2 Å². The molecule has 0 aromatic heterocycles. The molecule has 2 aromatic rings. The molecule has 3 rings (SSSR count). The van der Waals surface area contributed by atoms with Crippen LogP contribution in [0, 0.1) is 12.3 Å². The Hall–Kier alpha value is -1.82. The van der Waals surface area contributed by atoms with Crippen LogP contribution in [0.3, 0.4) is 0 Å². The second kappa shape index (κ2) is 6.97. The lowest BCUT2D eigenvalue weighted by molar-refractivity contribution is 0.569. The van der Waals surface area contributed by atoms with E-state index in [4.69, 9.17) is 0 Å². The predicted molar refractivity (Wildman–Crippen MR) is 120 cm³/mol. The number of benzene rings is 2. The fourth-order valence-electron chi connectivity index (χ4n) is 3.68. The van der Waals surface area contributed by atoms with Crippen molar-refractivity contribution in [3.63, 3.8) is 0 Å². The van der Waals surface area contributed by atoms with E-state index in [-0.39, 0.29) is 10.8 Å². The highest BCUT2D eigenvalue weighted by Crippen LogP contribution is 2.40. The number of allylic oxidation sites excluding steroid dienone is 1. The lowest BCUT2D eigenvalue weighted by atomic mass is 9.78. The van der Waals surface area contributed by atoms with Crippen molar-refractivity contribution in [1.29, 1.82) is 0 Å². The van der Waals surface area contributed by atoms with Gasteiger partial charge in [0.2, 0.25) is 0 Å². The van der Waals surface area contributed by atoms with Gasteiger partial charge in [-0.3, -0.25) is 0 Å². The van der Waals surface area contributed by atoms with E-state index in [0.717, 1.165) is 0 Å². The summed E-state index contributed by atoms with van der Waals surface area (Å²) in [5.74, 6) is 0.608. The molecule has 1 unspecified atom stereocenters. The van der Waals surface area contributed by atoms with Gasteiger partial charge in [-0.1, -0.05) is 103 Å². The van der Waals surface area contributed by atoms with Gasteiger partial charge in [0.1, 0.15) is 0 Å². The molecular formula is C27H35. The minimum Gasteiger partial charge on any atom is -0.0648 e. The minimum absolute atomic E-state index is 0.137. The highest BCUT2D eigenvalue weighted by molar-refractivity contribution is 5.84. The van der Waals surface area contributed by atoms with Crippen molar-refractivity contribution in [2.24, 2.45) is 5.92 Å². The quantitative estimate of drug-likeness (QED) is 0.521. The van der Waals surface area contributed by atoms with Crippen molar-refractivity contribution in [2.45, 2.75) is 72.6 Å². The first kappa shape index (κ1) is 19.9. The predicted octanol–water partition coefficient (Wildman–Crippen LogP) is 7.94. The molecule has 1 aliphatic rings. The molecule has 0 saturated carbocycles. The highest BCUT2D eigenvalue weighted by atomic mass is 14.3. The summed E-state index contributed by atoms with van der Waals surface area (Å²) in [5, 5.41) is 0. The SMILES string of the molecule is CCC(C)C1=Cc2c(cccc2-c2cc(C(C)(C)C)cc(C(C)(C)C)c2)[CH]1. The van der Waals surface area contributed by atoms with Gasteiger partial charge in [-0.25, -0.2) is 0 Å². The maximum atomic E-state index is 2.42. The van der Waals surface area contributed by atoms with Gasteiger partial charge in [0.15, 0.2) is 0 Å². The zero-order chi connectivity index (χ0) is 20.0. The Morgan fingerprint density at radius 1 is 0.852 bits per heavy atom. The third-order valence-corrected chi connectivity index (χ3v) is 5.93. The van der Waals surface area contributed by atoms with Crippen LogP contribution in [0.5, 0.6) is 0 Å². The van der Waals surface area contributed by atoms with E-state index in [1.165, 1.54) is 45.4 Å². The first-order valence-electron chi connectivity index (χ1n) is 10.4. The van der Waals surface area contributed by atoms with Gasteiger partial charge in [-0.05, 0) is 56.5 Å². The van der Waals surface area contributed by atoms with Crippen LogP contribution in [-0.2, 0) is 10.8 Å². The van der Waals surface area contributed by atoms with E-state index in [1.807, 2.05) is 0 Å². The van der Waals surface area contributed by atoms with Crippen LogP contribution in [0.4, 0.5) is 0 Å². The van der Waals surface area contributed by atoms with Crippen molar-refractivity contribution >= 4 is 6.08 Å². The van der Waals surface area contributed by atoms with Gasteiger partial charge in [0.25, 0.3) is 0 Å². The number of rotatable bonds is 3. The van der Waals surface area contributed by atoms with E-state index in [0.29, 0.717) is 5.92 Å². The molecule has 27 heavy (non-hydrogen) atoms. The van der Waals surface area contributed by atoms with Crippen LogP contribution in [0.2, 0.25) is 0 Å². The monoisotopic (exact) mass is 359 g/mol. The number of fused-ring (bicyclic) bond motifs is 1. The van der Waals surface area contributed by atoms with Crippen molar-refractivity contribution in [2.75, 3.05) is 0 Å². The standard InChI is InChI=1S/C27H35/c1-9-18(2)20-13-19-11-10-12-24(25(19)16-20)21-14-22(26(3,4)5)17-23(15-21)27(6,7)8/h10-18H,9H2,1-8H3. The van der Waals surface area contributed by atoms with Crippen LogP contribution < -0.4 is 0 Å². The summed E-state index contributed by atoms with van der Waals surface area (Å²) in [6.45, 7) is 18.4. The van der Waals surface area contributed by atoms with E-state index in [2.05, 4.69) is 104 Å². The van der Waals surface area contributed by atoms with Crippen molar-refractivity contribution in [3.8, 4) is 11.1 Å². The normalized spacial score (nSPS) is 15.5. The largest absolute Gasteiger partial charge is 0.0648 e. The first-order chi connectivity index (χ1) is 12.5. The highest BCUT2D eigenvalue weighted by Gasteiger charge is 2.23. The molecule has 0 aliphatic heterocycles. The summed E-state index contributed by atoms with van der Waals surface area (Å²) >= 11 is 0. The lowest BCUT2D eigenvalue weighted by Crippen LogP contribution is -2.16. The van der Waals surface area contributed by atoms with Gasteiger partial charge in [-0.2, -0.15) is 0 Å². The van der Waals surface area contributed by atoms with Crippen LogP contribution in [-0.4, -0.2) is 0 Å². The van der Waals surface area contributed by atoms with Gasteiger partial charge in [0, 0.05) is 6.42 Å². The molecule has 0 amide bonds. The Morgan fingerprint density at radius 2 is 1.44 bits per heavy atom. The molecule has 0 saturated heterocycles. The Bertz CT molecular complexity index is 834. The molecule has 1 radical (unpaired) electrons. The molecule has 0 heteroatoms. The van der Waals surface area contributed by atoms with E-state index in [1.54, 1.807) is 0 Å². The lowest BCUT2D eigenvalue weighted by Gasteiger charge is -2.26. The fraction of sp³-hybridized carbons (Fsp3) is 0.444. The molecule has 0 fully saturated rings. The molecule has 0 nitrogen and oxygen atoms in total. The molecule has 1 atom stereocenters. The fourth-order valence-corrected chi connectivity index (χ4v) is 3.68. The molecule has 0 bridgehead atoms. The zero-order valence-electron chi connectivity index (χ0n) is 18.4. The molecule has 143 valence electrons. The Balaban J connectivity index is 2.19. The summed E-state index contributed by atoms with van der Waals surface area (Å²) in [4.78, 5) is 0. The summed E-state index contributed by atoms with van der Waals surface area (Å²) in [6, 6.07) is 14.0. The molecule has 0 spiro atoms. The van der Waals surface area contributed by atoms with Gasteiger partial charge in [0.05, 0.1) is 0 Å². The maximum Gasteiger partial charge on any atom is 0.0167 e. The Labute approximate surface area is 166 Å². The minimum atomic E-state index is 0.137. The van der Waals surface area contributed by atoms with Gasteiger partial charge >= 0.3 is 0 Å². The third kappa shape index (κ3) is 4.05. The van der Waals surface area contributed by atoms with Crippen molar-refractivity contribution in [3.05, 3.63) is 70.6 Å². The summed E-state index contributed by atoms with van der Waals surface area (Å²) in [7, 11) is 0. The second-order valence-corrected chi connectivity index (χ2v) is 10.2. The zero-order valence-corrected chi connectivity index (χ0v) is 18.4. The molecular weight excluding hydrogens is 324 g/mol. The van der Waals surface area contributed by atoms with Crippen molar-refractivity contribution < 1.29 is 0 Å². The number of hydrogen-bond donors (Lipinski definition) is 0. The summed E-state index contributed by atoms with van der Waals surface area (Å²) in [5.41, 5.74) is 10.0. The topological polar surface area (TPSA) is 0 Å². The average molecular weight is 360 g/mol. The molecule has 1 aliphatic carbocycles. The second-order valence-electron chi connectivity index (χ2n) is 10.2. The molecule has 2 aromatic carbocycles. The van der Waals surface area contributed by atoms with Gasteiger partial charge < -0.3 is 0 Å². The molecule has 0 N–H and O–H groups in total. The van der Waals surface area contributed by atoms with Gasteiger partial charge in [-0.15, -0.1) is 0 Å². The first-order valence-corrected chi connectivity index (χ1v) is 10.4. The summed E-state index contributed by atoms with van der Waals surface area (Å²) < 4.78 is 0. The van der Waals surface area contributed by atoms with Crippen molar-refractivity contribution in [1.82, 2.24) is 0 Å². The Morgan fingerprint density at radius 3 is 1.96 bits per heavy atom.